The molecule has 0 spiro atoms. The fourth-order valence-electron chi connectivity index (χ4n) is 4.09. The number of nitrogens with one attached hydrogen (secondary N) is 2. The van der Waals surface area contributed by atoms with E-state index in [2.05, 4.69) is 24.1 Å². The minimum Gasteiger partial charge on any atom is -0.444 e. The van der Waals surface area contributed by atoms with Crippen LogP contribution in [-0.2, 0) is 14.3 Å². The van der Waals surface area contributed by atoms with Crippen LogP contribution in [-0.4, -0.2) is 47.0 Å². The lowest BCUT2D eigenvalue weighted by molar-refractivity contribution is -0.143. The number of nitrogens with zero attached hydrogens (tertiary/aromatic N) is 1. The van der Waals surface area contributed by atoms with E-state index >= 15 is 0 Å². The Morgan fingerprint density at radius 3 is 2.28 bits per heavy atom. The first-order valence-electron chi connectivity index (χ1n) is 13.0. The summed E-state index contributed by atoms with van der Waals surface area (Å²) in [6.45, 7) is 21.1. The second kappa shape index (κ2) is 14.0. The Kier molecular flexibility index (Phi) is 12.2. The van der Waals surface area contributed by atoms with Gasteiger partial charge >= 0.3 is 6.09 Å². The van der Waals surface area contributed by atoms with Crippen molar-refractivity contribution in [1.29, 1.82) is 0 Å². The molecule has 202 valence electrons. The van der Waals surface area contributed by atoms with Crippen molar-refractivity contribution in [3.63, 3.8) is 0 Å². The molecular weight excluding hydrogens is 454 g/mol. The van der Waals surface area contributed by atoms with Gasteiger partial charge in [0.1, 0.15) is 17.7 Å². The van der Waals surface area contributed by atoms with Gasteiger partial charge in [-0.2, -0.15) is 0 Å². The summed E-state index contributed by atoms with van der Waals surface area (Å²) in [6, 6.07) is 4.12. The number of benzene rings is 1. The molecule has 4 atom stereocenters. The van der Waals surface area contributed by atoms with Crippen molar-refractivity contribution in [1.82, 2.24) is 15.5 Å². The molecular formula is C29H47N3O4. The molecule has 0 aliphatic carbocycles. The fourth-order valence-corrected chi connectivity index (χ4v) is 4.09. The average molecular weight is 502 g/mol. The lowest BCUT2D eigenvalue weighted by atomic mass is 9.93. The Hall–Kier alpha value is -2.83. The smallest absolute Gasteiger partial charge is 0.408 e. The molecule has 1 rings (SSSR count). The molecule has 1 aromatic carbocycles. The molecule has 0 radical (unpaired) electrons. The Bertz CT molecular complexity index is 906. The zero-order valence-corrected chi connectivity index (χ0v) is 23.7. The van der Waals surface area contributed by atoms with Gasteiger partial charge in [0, 0.05) is 12.6 Å². The highest BCUT2D eigenvalue weighted by atomic mass is 16.6. The van der Waals surface area contributed by atoms with Crippen LogP contribution in [0.2, 0.25) is 0 Å². The molecule has 7 heteroatoms. The van der Waals surface area contributed by atoms with Gasteiger partial charge in [-0.1, -0.05) is 63.5 Å². The van der Waals surface area contributed by atoms with Crippen molar-refractivity contribution in [2.24, 2.45) is 5.92 Å². The second-order valence-corrected chi connectivity index (χ2v) is 10.7. The van der Waals surface area contributed by atoms with Crippen LogP contribution in [0.25, 0.3) is 0 Å². The number of aryl methyl sites for hydroxylation is 2. The van der Waals surface area contributed by atoms with Crippen molar-refractivity contribution >= 4 is 17.9 Å². The van der Waals surface area contributed by atoms with E-state index in [1.54, 1.807) is 26.8 Å². The third kappa shape index (κ3) is 9.32. The van der Waals surface area contributed by atoms with Crippen LogP contribution < -0.4 is 10.6 Å². The summed E-state index contributed by atoms with van der Waals surface area (Å²) in [4.78, 5) is 42.0. The molecule has 0 fully saturated rings. The quantitative estimate of drug-likeness (QED) is 0.365. The maximum Gasteiger partial charge on any atom is 0.408 e. The van der Waals surface area contributed by atoms with Crippen LogP contribution in [0.1, 0.15) is 90.5 Å². The Balaban J connectivity index is 3.56. The first kappa shape index (κ1) is 31.2. The summed E-state index contributed by atoms with van der Waals surface area (Å²) in [5, 5.41) is 5.87. The Morgan fingerprint density at radius 1 is 1.11 bits per heavy atom. The van der Waals surface area contributed by atoms with Gasteiger partial charge in [-0.05, 0) is 65.0 Å². The summed E-state index contributed by atoms with van der Waals surface area (Å²) in [5.41, 5.74) is 1.95. The lowest BCUT2D eigenvalue weighted by Gasteiger charge is -2.36. The molecule has 0 aliphatic rings. The van der Waals surface area contributed by atoms with Gasteiger partial charge in [0.25, 0.3) is 0 Å². The van der Waals surface area contributed by atoms with E-state index in [9.17, 15) is 14.4 Å². The van der Waals surface area contributed by atoms with Crippen LogP contribution in [0.4, 0.5) is 4.79 Å². The number of ether oxygens (including phenoxy) is 1. The van der Waals surface area contributed by atoms with Gasteiger partial charge in [-0.15, -0.1) is 6.58 Å². The van der Waals surface area contributed by atoms with Crippen molar-refractivity contribution < 1.29 is 19.1 Å². The molecule has 7 nitrogen and oxygen atoms in total. The van der Waals surface area contributed by atoms with Crippen LogP contribution in [0.3, 0.4) is 0 Å². The molecule has 4 unspecified atom stereocenters. The average Bonchev–Trinajstić information content (AvgIpc) is 2.77. The zero-order valence-electron chi connectivity index (χ0n) is 23.7. The molecule has 36 heavy (non-hydrogen) atoms. The van der Waals surface area contributed by atoms with Crippen LogP contribution >= 0.6 is 0 Å². The maximum atomic E-state index is 14.1. The molecule has 0 saturated heterocycles. The predicted molar refractivity (Wildman–Crippen MR) is 146 cm³/mol. The van der Waals surface area contributed by atoms with E-state index in [1.165, 1.54) is 4.90 Å². The van der Waals surface area contributed by atoms with Gasteiger partial charge in [0.15, 0.2) is 0 Å². The van der Waals surface area contributed by atoms with Gasteiger partial charge < -0.3 is 20.3 Å². The molecule has 1 aromatic rings. The largest absolute Gasteiger partial charge is 0.444 e. The van der Waals surface area contributed by atoms with E-state index in [0.717, 1.165) is 29.5 Å². The molecule has 3 amide bonds. The Morgan fingerprint density at radius 2 is 1.75 bits per heavy atom. The monoisotopic (exact) mass is 501 g/mol. The number of hydrogen-bond acceptors (Lipinski definition) is 4. The number of amides is 3. The highest BCUT2D eigenvalue weighted by molar-refractivity contribution is 5.92. The Labute approximate surface area is 218 Å². The summed E-state index contributed by atoms with van der Waals surface area (Å²) in [6.07, 6.45) is 3.36. The van der Waals surface area contributed by atoms with Crippen LogP contribution in [0, 0.1) is 19.8 Å². The molecule has 0 saturated carbocycles. The van der Waals surface area contributed by atoms with E-state index in [4.69, 9.17) is 4.74 Å². The van der Waals surface area contributed by atoms with E-state index in [-0.39, 0.29) is 30.3 Å². The number of rotatable bonds is 12. The highest BCUT2D eigenvalue weighted by Gasteiger charge is 2.38. The first-order chi connectivity index (χ1) is 16.7. The summed E-state index contributed by atoms with van der Waals surface area (Å²) >= 11 is 0. The van der Waals surface area contributed by atoms with Crippen molar-refractivity contribution in [3.05, 3.63) is 47.5 Å². The van der Waals surface area contributed by atoms with Crippen LogP contribution in [0.5, 0.6) is 0 Å². The number of carbonyl (C=O) groups excluding carboxylic acids is 3. The van der Waals surface area contributed by atoms with Crippen LogP contribution in [0.15, 0.2) is 30.9 Å². The second-order valence-electron chi connectivity index (χ2n) is 10.7. The normalized spacial score (nSPS) is 14.7. The van der Waals surface area contributed by atoms with Gasteiger partial charge in [0.2, 0.25) is 11.8 Å². The van der Waals surface area contributed by atoms with Gasteiger partial charge in [-0.25, -0.2) is 4.79 Å². The third-order valence-electron chi connectivity index (χ3n) is 6.16. The standard InChI is InChI=1S/C29H47N3O4/c1-11-14-22(7)30-26(33)25(23-18-19(4)15-16-21(23)6)32(17-12-2)27(34)24(20(5)13-3)31-28(35)36-29(8,9)10/h12,15-16,18,20,22,24-25H,2,11,13-14,17H2,1,3-10H3,(H,30,33)(H,31,35). The molecule has 2 N–H and O–H groups in total. The van der Waals surface area contributed by atoms with Gasteiger partial charge in [-0.3, -0.25) is 9.59 Å². The number of carbonyl (C=O) groups is 3. The summed E-state index contributed by atoms with van der Waals surface area (Å²) in [7, 11) is 0. The summed E-state index contributed by atoms with van der Waals surface area (Å²) in [5.74, 6) is -0.780. The van der Waals surface area contributed by atoms with Crippen molar-refractivity contribution in [2.75, 3.05) is 6.54 Å². The predicted octanol–water partition coefficient (Wildman–Crippen LogP) is 5.60. The molecule has 0 heterocycles. The molecule has 0 aromatic heterocycles. The minimum absolute atomic E-state index is 0.0407. The zero-order chi connectivity index (χ0) is 27.6. The van der Waals surface area contributed by atoms with E-state index in [1.807, 2.05) is 52.8 Å². The number of alkyl carbamates (subject to hydrolysis) is 1. The van der Waals surface area contributed by atoms with Crippen molar-refractivity contribution in [2.45, 2.75) is 105 Å². The maximum absolute atomic E-state index is 14.1. The molecule has 0 aliphatic heterocycles. The topological polar surface area (TPSA) is 87.7 Å². The summed E-state index contributed by atoms with van der Waals surface area (Å²) < 4.78 is 5.44. The van der Waals surface area contributed by atoms with Crippen molar-refractivity contribution in [3.8, 4) is 0 Å². The minimum atomic E-state index is -0.873. The van der Waals surface area contributed by atoms with E-state index < -0.39 is 23.8 Å². The first-order valence-corrected chi connectivity index (χ1v) is 13.0. The highest BCUT2D eigenvalue weighted by Crippen LogP contribution is 2.28. The molecule has 0 bridgehead atoms. The van der Waals surface area contributed by atoms with Gasteiger partial charge in [0.05, 0.1) is 0 Å². The fraction of sp³-hybridized carbons (Fsp3) is 0.621. The van der Waals surface area contributed by atoms with E-state index in [0.29, 0.717) is 6.42 Å². The SMILES string of the molecule is C=CCN(C(=O)C(NC(=O)OC(C)(C)C)C(C)CC)C(C(=O)NC(C)CCC)c1cc(C)ccc1C. The third-order valence-corrected chi connectivity index (χ3v) is 6.16. The lowest BCUT2D eigenvalue weighted by Crippen LogP contribution is -2.55. The number of hydrogen-bond donors (Lipinski definition) is 2.